The zero-order chi connectivity index (χ0) is 14.5. The molecule has 1 aliphatic rings. The van der Waals surface area contributed by atoms with Crippen LogP contribution in [0.15, 0.2) is 24.3 Å². The van der Waals surface area contributed by atoms with Gasteiger partial charge < -0.3 is 4.74 Å². The number of hydrogen-bond donors (Lipinski definition) is 0. The van der Waals surface area contributed by atoms with Gasteiger partial charge in [0.2, 0.25) is 6.54 Å². The molecule has 20 heavy (non-hydrogen) atoms. The van der Waals surface area contributed by atoms with Crippen LogP contribution in [0.3, 0.4) is 0 Å². The Bertz CT molecular complexity index is 506. The van der Waals surface area contributed by atoms with Gasteiger partial charge in [-0.1, -0.05) is 23.7 Å². The Balaban J connectivity index is 1.92. The fourth-order valence-corrected chi connectivity index (χ4v) is 2.61. The van der Waals surface area contributed by atoms with Crippen LogP contribution in [0.2, 0.25) is 5.02 Å². The number of nitro groups is 1. The number of hydrogen-bond acceptors (Lipinski definition) is 4. The summed E-state index contributed by atoms with van der Waals surface area (Å²) in [7, 11) is 0. The van der Waals surface area contributed by atoms with Crippen molar-refractivity contribution in [3.05, 3.63) is 45.0 Å². The average molecular weight is 298 g/mol. The summed E-state index contributed by atoms with van der Waals surface area (Å²) in [5, 5.41) is 11.0. The van der Waals surface area contributed by atoms with E-state index >= 15 is 0 Å². The third-order valence-corrected chi connectivity index (χ3v) is 3.58. The van der Waals surface area contributed by atoms with Crippen LogP contribution in [0, 0.1) is 10.1 Å². The lowest BCUT2D eigenvalue weighted by Gasteiger charge is -2.27. The van der Waals surface area contributed by atoms with E-state index in [2.05, 4.69) is 0 Å². The van der Waals surface area contributed by atoms with Gasteiger partial charge in [-0.3, -0.25) is 14.9 Å². The summed E-state index contributed by atoms with van der Waals surface area (Å²) in [4.78, 5) is 22.3. The van der Waals surface area contributed by atoms with Gasteiger partial charge in [0, 0.05) is 21.9 Å². The minimum atomic E-state index is -0.379. The Labute approximate surface area is 122 Å². The number of Topliss-reactive ketones (excluding diaryl/α,β-unsaturated/α-hetero) is 1. The van der Waals surface area contributed by atoms with Crippen molar-refractivity contribution in [1.82, 2.24) is 0 Å². The summed E-state index contributed by atoms with van der Waals surface area (Å²) in [6, 6.07) is 6.78. The third-order valence-electron chi connectivity index (χ3n) is 3.35. The van der Waals surface area contributed by atoms with Crippen molar-refractivity contribution in [3.63, 3.8) is 0 Å². The van der Waals surface area contributed by atoms with Crippen LogP contribution in [0.4, 0.5) is 0 Å². The third kappa shape index (κ3) is 4.28. The Kier molecular flexibility index (Phi) is 5.09. The molecule has 1 heterocycles. The standard InChI is InChI=1S/C14H16ClNO4/c15-11-4-1-3-10(7-11)14(17)8-12-5-2-6-13(20-12)9-16(18)19/h1,3-4,7,12-13H,2,5-6,8-9H2/t12-,13+/m0/s1. The van der Waals surface area contributed by atoms with Crippen molar-refractivity contribution < 1.29 is 14.5 Å². The van der Waals surface area contributed by atoms with E-state index in [9.17, 15) is 14.9 Å². The van der Waals surface area contributed by atoms with Crippen molar-refractivity contribution in [2.24, 2.45) is 0 Å². The Morgan fingerprint density at radius 1 is 1.40 bits per heavy atom. The minimum absolute atomic E-state index is 0.0424. The predicted molar refractivity (Wildman–Crippen MR) is 74.8 cm³/mol. The highest BCUT2D eigenvalue weighted by Gasteiger charge is 2.27. The largest absolute Gasteiger partial charge is 0.368 e. The molecule has 2 rings (SSSR count). The number of carbonyl (C=O) groups is 1. The zero-order valence-corrected chi connectivity index (χ0v) is 11.7. The second-order valence-electron chi connectivity index (χ2n) is 4.96. The van der Waals surface area contributed by atoms with Crippen molar-refractivity contribution in [3.8, 4) is 0 Å². The monoisotopic (exact) mass is 297 g/mol. The number of benzene rings is 1. The lowest BCUT2D eigenvalue weighted by atomic mass is 9.98. The molecular weight excluding hydrogens is 282 g/mol. The maximum absolute atomic E-state index is 12.1. The second kappa shape index (κ2) is 6.81. The summed E-state index contributed by atoms with van der Waals surface area (Å²) in [5.74, 6) is -0.0424. The van der Waals surface area contributed by atoms with Gasteiger partial charge in [0.15, 0.2) is 5.78 Å². The number of ether oxygens (including phenoxy) is 1. The second-order valence-corrected chi connectivity index (χ2v) is 5.40. The molecule has 1 aromatic rings. The molecule has 5 nitrogen and oxygen atoms in total. The molecule has 6 heteroatoms. The molecule has 1 saturated heterocycles. The topological polar surface area (TPSA) is 69.4 Å². The number of carbonyl (C=O) groups excluding carboxylic acids is 1. The molecule has 2 atom stereocenters. The Morgan fingerprint density at radius 2 is 2.15 bits per heavy atom. The number of rotatable bonds is 5. The van der Waals surface area contributed by atoms with E-state index < -0.39 is 0 Å². The normalized spacial score (nSPS) is 22.4. The molecule has 1 aromatic carbocycles. The van der Waals surface area contributed by atoms with E-state index in [1.54, 1.807) is 24.3 Å². The van der Waals surface area contributed by atoms with Crippen molar-refractivity contribution in [2.45, 2.75) is 37.9 Å². The van der Waals surface area contributed by atoms with Gasteiger partial charge in [-0.05, 0) is 31.4 Å². The van der Waals surface area contributed by atoms with E-state index in [1.165, 1.54) is 0 Å². The van der Waals surface area contributed by atoms with Gasteiger partial charge in [-0.15, -0.1) is 0 Å². The highest BCUT2D eigenvalue weighted by atomic mass is 35.5. The van der Waals surface area contributed by atoms with Gasteiger partial charge in [-0.25, -0.2) is 0 Å². The molecule has 0 aromatic heterocycles. The summed E-state index contributed by atoms with van der Waals surface area (Å²) in [6.45, 7) is -0.193. The molecule has 0 saturated carbocycles. The molecule has 1 fully saturated rings. The molecule has 0 bridgehead atoms. The van der Waals surface area contributed by atoms with Crippen molar-refractivity contribution in [1.29, 1.82) is 0 Å². The van der Waals surface area contributed by atoms with Crippen LogP contribution in [0.5, 0.6) is 0 Å². The first-order valence-corrected chi connectivity index (χ1v) is 6.98. The van der Waals surface area contributed by atoms with Crippen molar-refractivity contribution in [2.75, 3.05) is 6.54 Å². The molecule has 0 radical (unpaired) electrons. The first-order valence-electron chi connectivity index (χ1n) is 6.60. The van der Waals surface area contributed by atoms with E-state index in [-0.39, 0.29) is 35.9 Å². The van der Waals surface area contributed by atoms with E-state index in [0.29, 0.717) is 17.0 Å². The highest BCUT2D eigenvalue weighted by molar-refractivity contribution is 6.31. The van der Waals surface area contributed by atoms with Gasteiger partial charge in [-0.2, -0.15) is 0 Å². The van der Waals surface area contributed by atoms with Crippen LogP contribution in [-0.2, 0) is 4.74 Å². The van der Waals surface area contributed by atoms with Crippen LogP contribution in [-0.4, -0.2) is 29.5 Å². The molecule has 0 unspecified atom stereocenters. The summed E-state index contributed by atoms with van der Waals surface area (Å²) in [5.41, 5.74) is 0.553. The quantitative estimate of drug-likeness (QED) is 0.475. The zero-order valence-electron chi connectivity index (χ0n) is 11.0. The molecule has 0 N–H and O–H groups in total. The number of ketones is 1. The maximum atomic E-state index is 12.1. The minimum Gasteiger partial charge on any atom is -0.368 e. The fraction of sp³-hybridized carbons (Fsp3) is 0.500. The molecule has 0 aliphatic carbocycles. The van der Waals surface area contributed by atoms with Crippen LogP contribution in [0.1, 0.15) is 36.0 Å². The van der Waals surface area contributed by atoms with E-state index in [0.717, 1.165) is 12.8 Å². The Hall–Kier alpha value is -1.46. The first kappa shape index (κ1) is 14.9. The van der Waals surface area contributed by atoms with Crippen LogP contribution in [0.25, 0.3) is 0 Å². The molecule has 1 aliphatic heterocycles. The van der Waals surface area contributed by atoms with Gasteiger partial charge in [0.1, 0.15) is 6.10 Å². The molecule has 0 amide bonds. The Morgan fingerprint density at radius 3 is 2.85 bits per heavy atom. The van der Waals surface area contributed by atoms with Crippen LogP contribution < -0.4 is 0 Å². The fourth-order valence-electron chi connectivity index (χ4n) is 2.42. The molecule has 108 valence electrons. The van der Waals surface area contributed by atoms with Gasteiger partial charge in [0.05, 0.1) is 6.10 Å². The van der Waals surface area contributed by atoms with Gasteiger partial charge in [0.25, 0.3) is 0 Å². The summed E-state index contributed by atoms with van der Waals surface area (Å²) in [6.07, 6.45) is 1.93. The molecular formula is C14H16ClNO4. The first-order chi connectivity index (χ1) is 9.54. The summed E-state index contributed by atoms with van der Waals surface area (Å²) >= 11 is 5.85. The predicted octanol–water partition coefficient (Wildman–Crippen LogP) is 3.13. The highest BCUT2D eigenvalue weighted by Crippen LogP contribution is 2.23. The lowest BCUT2D eigenvalue weighted by molar-refractivity contribution is -0.493. The van der Waals surface area contributed by atoms with Crippen molar-refractivity contribution >= 4 is 17.4 Å². The lowest BCUT2D eigenvalue weighted by Crippen LogP contribution is -2.34. The average Bonchev–Trinajstić information content (AvgIpc) is 2.38. The summed E-state index contributed by atoms with van der Waals surface area (Å²) < 4.78 is 5.62. The number of nitrogens with zero attached hydrogens (tertiary/aromatic N) is 1. The van der Waals surface area contributed by atoms with Gasteiger partial charge >= 0.3 is 0 Å². The SMILES string of the molecule is O=C(C[C@@H]1CCC[C@H](C[N+](=O)[O-])O1)c1cccc(Cl)c1. The smallest absolute Gasteiger partial charge is 0.229 e. The van der Waals surface area contributed by atoms with Crippen LogP contribution >= 0.6 is 11.6 Å². The maximum Gasteiger partial charge on any atom is 0.229 e. The molecule has 0 spiro atoms. The van der Waals surface area contributed by atoms with E-state index in [4.69, 9.17) is 16.3 Å². The number of halogens is 1. The van der Waals surface area contributed by atoms with E-state index in [1.807, 2.05) is 0 Å².